The highest BCUT2D eigenvalue weighted by Gasteiger charge is 1.93. The van der Waals surface area contributed by atoms with E-state index < -0.39 is 0 Å². The molecule has 0 amide bonds. The third kappa shape index (κ3) is 2.63. The number of hydrogen-bond acceptors (Lipinski definition) is 1. The van der Waals surface area contributed by atoms with Crippen molar-refractivity contribution >= 4 is 0 Å². The predicted octanol–water partition coefficient (Wildman–Crippen LogP) is 0.841. The van der Waals surface area contributed by atoms with Crippen LogP contribution in [0.2, 0.25) is 0 Å². The van der Waals surface area contributed by atoms with Crippen molar-refractivity contribution in [3.63, 3.8) is 0 Å². The molecule has 4 radical (unpaired) electrons. The van der Waals surface area contributed by atoms with E-state index in [2.05, 4.69) is 5.32 Å². The third-order valence-electron chi connectivity index (χ3n) is 1.21. The Morgan fingerprint density at radius 1 is 0.857 bits per heavy atom. The summed E-state index contributed by atoms with van der Waals surface area (Å²) in [5.74, 6) is 0. The van der Waals surface area contributed by atoms with Crippen LogP contribution >= 0.6 is 0 Å². The molecule has 0 saturated carbocycles. The minimum absolute atomic E-state index is 0. The highest BCUT2D eigenvalue weighted by atomic mass is 14.9. The molecular formula is C6H11N. The summed E-state index contributed by atoms with van der Waals surface area (Å²) in [4.78, 5) is 0. The summed E-state index contributed by atoms with van der Waals surface area (Å²) >= 11 is 0. The summed E-state index contributed by atoms with van der Waals surface area (Å²) in [6, 6.07) is 0. The summed E-state index contributed by atoms with van der Waals surface area (Å²) in [6.45, 7) is 2.50. The normalized spacial score (nSPS) is 20.6. The van der Waals surface area contributed by atoms with Crippen LogP contribution in [0.3, 0.4) is 0 Å². The summed E-state index contributed by atoms with van der Waals surface area (Å²) < 4.78 is 0. The maximum atomic E-state index is 3.28. The van der Waals surface area contributed by atoms with E-state index in [0.29, 0.717) is 0 Å². The van der Waals surface area contributed by atoms with Crippen LogP contribution in [-0.4, -0.2) is 13.1 Å². The first-order valence-corrected chi connectivity index (χ1v) is 2.71. The Labute approximate surface area is 46.1 Å². The van der Waals surface area contributed by atoms with Gasteiger partial charge >= 0.3 is 0 Å². The van der Waals surface area contributed by atoms with E-state index in [9.17, 15) is 0 Å². The zero-order valence-corrected chi connectivity index (χ0v) is 4.54. The maximum absolute atomic E-state index is 3.28. The fraction of sp³-hybridized carbons (Fsp3) is 0.833. The summed E-state index contributed by atoms with van der Waals surface area (Å²) in [6.07, 6.45) is 4.22. The van der Waals surface area contributed by atoms with Crippen molar-refractivity contribution in [2.75, 3.05) is 13.1 Å². The van der Waals surface area contributed by atoms with Gasteiger partial charge in [0.2, 0.25) is 0 Å². The standard InChI is InChI=1S/C5H11N.C/c1-2-4-6-5-3-1;/h6H,1-5H2;. The lowest BCUT2D eigenvalue weighted by molar-refractivity contribution is 0.520. The van der Waals surface area contributed by atoms with Crippen LogP contribution in [0.4, 0.5) is 0 Å². The molecule has 7 heavy (non-hydrogen) atoms. The minimum Gasteiger partial charge on any atom is -0.317 e. The zero-order valence-electron chi connectivity index (χ0n) is 4.54. The second-order valence-corrected chi connectivity index (χ2v) is 1.81. The largest absolute Gasteiger partial charge is 0.317 e. The Morgan fingerprint density at radius 3 is 1.57 bits per heavy atom. The molecule has 0 spiro atoms. The molecule has 0 atom stereocenters. The molecule has 1 aliphatic rings. The Balaban J connectivity index is 0.000000360. The Bertz CT molecular complexity index is 19.7. The first kappa shape index (κ1) is 6.96. The Kier molecular flexibility index (Phi) is 4.10. The third-order valence-corrected chi connectivity index (χ3v) is 1.21. The lowest BCUT2D eigenvalue weighted by atomic mass is 10.2. The predicted molar refractivity (Wildman–Crippen MR) is 30.0 cm³/mol. The molecule has 1 aliphatic heterocycles. The lowest BCUT2D eigenvalue weighted by Crippen LogP contribution is -2.21. The zero-order chi connectivity index (χ0) is 4.24. The van der Waals surface area contributed by atoms with Gasteiger partial charge in [0, 0.05) is 7.43 Å². The van der Waals surface area contributed by atoms with Gasteiger partial charge in [-0.05, 0) is 25.9 Å². The number of hydrogen-bond donors (Lipinski definition) is 1. The fourth-order valence-corrected chi connectivity index (χ4v) is 0.802. The maximum Gasteiger partial charge on any atom is 0 e. The van der Waals surface area contributed by atoms with Gasteiger partial charge in [-0.15, -0.1) is 0 Å². The molecule has 0 bridgehead atoms. The first-order valence-electron chi connectivity index (χ1n) is 2.71. The number of piperidine rings is 1. The summed E-state index contributed by atoms with van der Waals surface area (Å²) in [5, 5.41) is 3.28. The molecule has 1 saturated heterocycles. The van der Waals surface area contributed by atoms with Gasteiger partial charge in [-0.25, -0.2) is 0 Å². The van der Waals surface area contributed by atoms with Crippen LogP contribution in [0.15, 0.2) is 0 Å². The number of nitrogens with one attached hydrogen (secondary N) is 1. The molecule has 0 aromatic heterocycles. The quantitative estimate of drug-likeness (QED) is 0.472. The molecule has 1 fully saturated rings. The van der Waals surface area contributed by atoms with Crippen molar-refractivity contribution in [1.82, 2.24) is 5.32 Å². The highest BCUT2D eigenvalue weighted by Crippen LogP contribution is 1.96. The van der Waals surface area contributed by atoms with Crippen LogP contribution in [0.1, 0.15) is 19.3 Å². The topological polar surface area (TPSA) is 12.0 Å². The van der Waals surface area contributed by atoms with E-state index in [-0.39, 0.29) is 7.43 Å². The number of rotatable bonds is 0. The van der Waals surface area contributed by atoms with Crippen molar-refractivity contribution < 1.29 is 0 Å². The fourth-order valence-electron chi connectivity index (χ4n) is 0.802. The van der Waals surface area contributed by atoms with Crippen LogP contribution in [0, 0.1) is 7.43 Å². The van der Waals surface area contributed by atoms with E-state index in [4.69, 9.17) is 0 Å². The molecule has 1 nitrogen and oxygen atoms in total. The van der Waals surface area contributed by atoms with E-state index in [0.717, 1.165) is 0 Å². The molecule has 40 valence electrons. The van der Waals surface area contributed by atoms with Crippen molar-refractivity contribution in [1.29, 1.82) is 0 Å². The van der Waals surface area contributed by atoms with Gasteiger partial charge in [-0.2, -0.15) is 0 Å². The summed E-state index contributed by atoms with van der Waals surface area (Å²) in [5.41, 5.74) is 0. The average Bonchev–Trinajstić information content (AvgIpc) is 1.72. The smallest absolute Gasteiger partial charge is 0 e. The van der Waals surface area contributed by atoms with E-state index in [1.807, 2.05) is 0 Å². The van der Waals surface area contributed by atoms with E-state index in [1.165, 1.54) is 32.4 Å². The van der Waals surface area contributed by atoms with Gasteiger partial charge in [0.1, 0.15) is 0 Å². The monoisotopic (exact) mass is 97.1 g/mol. The van der Waals surface area contributed by atoms with Crippen molar-refractivity contribution in [3.8, 4) is 0 Å². The minimum atomic E-state index is 0. The van der Waals surface area contributed by atoms with Crippen molar-refractivity contribution in [2.45, 2.75) is 19.3 Å². The second-order valence-electron chi connectivity index (χ2n) is 1.81. The molecule has 0 unspecified atom stereocenters. The van der Waals surface area contributed by atoms with Crippen LogP contribution in [-0.2, 0) is 0 Å². The molecule has 0 aromatic rings. The SMILES string of the molecule is C1CCNCC1.[C]. The van der Waals surface area contributed by atoms with Gasteiger partial charge in [-0.3, -0.25) is 0 Å². The first-order chi connectivity index (χ1) is 3.00. The Morgan fingerprint density at radius 2 is 1.43 bits per heavy atom. The summed E-state index contributed by atoms with van der Waals surface area (Å²) in [7, 11) is 0. The van der Waals surface area contributed by atoms with Gasteiger partial charge in [-0.1, -0.05) is 6.42 Å². The lowest BCUT2D eigenvalue weighted by Gasteiger charge is -2.08. The second kappa shape index (κ2) is 4.13. The van der Waals surface area contributed by atoms with Crippen molar-refractivity contribution in [2.24, 2.45) is 0 Å². The van der Waals surface area contributed by atoms with E-state index >= 15 is 0 Å². The molecule has 1 rings (SSSR count). The van der Waals surface area contributed by atoms with Gasteiger partial charge in [0.05, 0.1) is 0 Å². The van der Waals surface area contributed by atoms with Gasteiger partial charge < -0.3 is 5.32 Å². The molecular weight excluding hydrogens is 86.1 g/mol. The van der Waals surface area contributed by atoms with E-state index in [1.54, 1.807) is 0 Å². The molecule has 1 heteroatoms. The van der Waals surface area contributed by atoms with Gasteiger partial charge in [0.15, 0.2) is 0 Å². The highest BCUT2D eigenvalue weighted by molar-refractivity contribution is 4.55. The average molecular weight is 97.2 g/mol. The molecule has 1 heterocycles. The van der Waals surface area contributed by atoms with Gasteiger partial charge in [0.25, 0.3) is 0 Å². The van der Waals surface area contributed by atoms with Crippen LogP contribution < -0.4 is 5.32 Å². The molecule has 1 N–H and O–H groups in total. The van der Waals surface area contributed by atoms with Crippen molar-refractivity contribution in [3.05, 3.63) is 7.43 Å². The molecule has 0 aromatic carbocycles. The molecule has 0 aliphatic carbocycles. The Hall–Kier alpha value is -0.0400. The van der Waals surface area contributed by atoms with Crippen LogP contribution in [0.5, 0.6) is 0 Å². The van der Waals surface area contributed by atoms with Crippen LogP contribution in [0.25, 0.3) is 0 Å².